The fourth-order valence-electron chi connectivity index (χ4n) is 2.42. The molecule has 1 aliphatic rings. The van der Waals surface area contributed by atoms with Gasteiger partial charge in [0.25, 0.3) is 0 Å². The zero-order chi connectivity index (χ0) is 11.5. The standard InChI is InChI=1S/C16H20/c1-4-14(13-10-11-13)15(5-2)16-9-7-6-8-12(16)3/h4,6-9,13H,3,5,10-11H2,1-2H3/b14-4-,16-15-. The maximum absolute atomic E-state index is 4.14. The highest BCUT2D eigenvalue weighted by Gasteiger charge is 2.26. The van der Waals surface area contributed by atoms with Gasteiger partial charge in [-0.1, -0.05) is 43.8 Å². The first kappa shape index (κ1) is 11.2. The third kappa shape index (κ3) is 2.11. The van der Waals surface area contributed by atoms with Gasteiger partial charge in [0.2, 0.25) is 0 Å². The van der Waals surface area contributed by atoms with Crippen molar-refractivity contribution in [2.45, 2.75) is 33.1 Å². The molecule has 1 aromatic rings. The third-order valence-electron chi connectivity index (χ3n) is 3.37. The van der Waals surface area contributed by atoms with E-state index in [1.165, 1.54) is 23.6 Å². The molecule has 0 aromatic heterocycles. The van der Waals surface area contributed by atoms with Gasteiger partial charge in [-0.2, -0.15) is 0 Å². The first-order valence-corrected chi connectivity index (χ1v) is 6.21. The van der Waals surface area contributed by atoms with Crippen molar-refractivity contribution in [3.05, 3.63) is 46.4 Å². The smallest absolute Gasteiger partial charge is 0.0155 e. The predicted octanol–water partition coefficient (Wildman–Crippen LogP) is 3.01. The summed E-state index contributed by atoms with van der Waals surface area (Å²) < 4.78 is 0. The fourth-order valence-corrected chi connectivity index (χ4v) is 2.42. The van der Waals surface area contributed by atoms with Crippen LogP contribution < -0.4 is 10.4 Å². The molecule has 16 heavy (non-hydrogen) atoms. The van der Waals surface area contributed by atoms with E-state index < -0.39 is 0 Å². The zero-order valence-electron chi connectivity index (χ0n) is 10.3. The van der Waals surface area contributed by atoms with Gasteiger partial charge in [-0.05, 0) is 53.7 Å². The van der Waals surface area contributed by atoms with Gasteiger partial charge in [-0.25, -0.2) is 0 Å². The molecule has 0 bridgehead atoms. The molecule has 0 aliphatic heterocycles. The molecule has 0 N–H and O–H groups in total. The number of benzene rings is 1. The lowest BCUT2D eigenvalue weighted by Crippen LogP contribution is -2.25. The van der Waals surface area contributed by atoms with E-state index in [-0.39, 0.29) is 0 Å². The van der Waals surface area contributed by atoms with Crippen LogP contribution in [0.2, 0.25) is 0 Å². The first-order valence-electron chi connectivity index (χ1n) is 6.21. The molecule has 0 nitrogen and oxygen atoms in total. The molecule has 0 saturated heterocycles. The van der Waals surface area contributed by atoms with Crippen molar-refractivity contribution in [3.8, 4) is 0 Å². The van der Waals surface area contributed by atoms with E-state index in [1.54, 1.807) is 5.57 Å². The molecule has 0 heteroatoms. The highest BCUT2D eigenvalue weighted by atomic mass is 14.3. The summed E-state index contributed by atoms with van der Waals surface area (Å²) in [6, 6.07) is 8.48. The van der Waals surface area contributed by atoms with Gasteiger partial charge < -0.3 is 0 Å². The van der Waals surface area contributed by atoms with Crippen LogP contribution in [-0.4, -0.2) is 0 Å². The molecule has 0 unspecified atom stereocenters. The Kier molecular flexibility index (Phi) is 3.28. The summed E-state index contributed by atoms with van der Waals surface area (Å²) in [7, 11) is 0. The van der Waals surface area contributed by atoms with Gasteiger partial charge in [0.15, 0.2) is 0 Å². The average molecular weight is 212 g/mol. The lowest BCUT2D eigenvalue weighted by molar-refractivity contribution is 1.02. The average Bonchev–Trinajstić information content (AvgIpc) is 3.11. The molecule has 1 saturated carbocycles. The van der Waals surface area contributed by atoms with Crippen LogP contribution in [0.5, 0.6) is 0 Å². The summed E-state index contributed by atoms with van der Waals surface area (Å²) in [4.78, 5) is 0. The van der Waals surface area contributed by atoms with Crippen LogP contribution in [0.4, 0.5) is 0 Å². The molecule has 1 aromatic carbocycles. The van der Waals surface area contributed by atoms with Crippen molar-refractivity contribution in [3.63, 3.8) is 0 Å². The van der Waals surface area contributed by atoms with Gasteiger partial charge in [-0.3, -0.25) is 0 Å². The van der Waals surface area contributed by atoms with Gasteiger partial charge >= 0.3 is 0 Å². The highest BCUT2D eigenvalue weighted by molar-refractivity contribution is 5.65. The van der Waals surface area contributed by atoms with Crippen molar-refractivity contribution in [1.82, 2.24) is 0 Å². The highest BCUT2D eigenvalue weighted by Crippen LogP contribution is 2.40. The molecule has 0 heterocycles. The lowest BCUT2D eigenvalue weighted by Gasteiger charge is -2.09. The van der Waals surface area contributed by atoms with Crippen LogP contribution in [0.25, 0.3) is 12.2 Å². The summed E-state index contributed by atoms with van der Waals surface area (Å²) in [5.74, 6) is 0.819. The summed E-state index contributed by atoms with van der Waals surface area (Å²) in [6.07, 6.45) is 6.12. The Morgan fingerprint density at radius 1 is 1.38 bits per heavy atom. The van der Waals surface area contributed by atoms with Crippen molar-refractivity contribution in [2.75, 3.05) is 0 Å². The van der Waals surface area contributed by atoms with Crippen LogP contribution in [0.3, 0.4) is 0 Å². The maximum atomic E-state index is 4.14. The molecule has 84 valence electrons. The SMILES string of the molecule is C=c1cccc/c1=C(CC)/C(=C\C)C1CC1. The van der Waals surface area contributed by atoms with E-state index >= 15 is 0 Å². The maximum Gasteiger partial charge on any atom is -0.0155 e. The van der Waals surface area contributed by atoms with Crippen LogP contribution in [0.1, 0.15) is 33.1 Å². The zero-order valence-corrected chi connectivity index (χ0v) is 10.3. The first-order chi connectivity index (χ1) is 7.77. The molecule has 1 fully saturated rings. The number of rotatable bonds is 3. The minimum atomic E-state index is 0.819. The Labute approximate surface area is 98.0 Å². The molecular formula is C16H20. The Balaban J connectivity index is 2.62. The minimum Gasteiger partial charge on any atom is -0.0911 e. The Bertz CT molecular complexity index is 501. The van der Waals surface area contributed by atoms with Crippen molar-refractivity contribution < 1.29 is 0 Å². The minimum absolute atomic E-state index is 0.819. The van der Waals surface area contributed by atoms with E-state index in [1.807, 2.05) is 0 Å². The lowest BCUT2D eigenvalue weighted by atomic mass is 9.96. The van der Waals surface area contributed by atoms with Crippen LogP contribution in [0, 0.1) is 5.92 Å². The topological polar surface area (TPSA) is 0 Å². The molecular weight excluding hydrogens is 192 g/mol. The summed E-state index contributed by atoms with van der Waals surface area (Å²) >= 11 is 0. The molecule has 1 aliphatic carbocycles. The van der Waals surface area contributed by atoms with Crippen molar-refractivity contribution in [2.24, 2.45) is 5.92 Å². The summed E-state index contributed by atoms with van der Waals surface area (Å²) in [6.45, 7) is 8.54. The second-order valence-electron chi connectivity index (χ2n) is 4.51. The predicted molar refractivity (Wildman–Crippen MR) is 71.4 cm³/mol. The molecule has 0 amide bonds. The second-order valence-corrected chi connectivity index (χ2v) is 4.51. The Morgan fingerprint density at radius 2 is 2.06 bits per heavy atom. The quantitative estimate of drug-likeness (QED) is 0.722. The second kappa shape index (κ2) is 4.69. The van der Waals surface area contributed by atoms with Crippen LogP contribution >= 0.6 is 0 Å². The summed E-state index contributed by atoms with van der Waals surface area (Å²) in [5.41, 5.74) is 3.05. The van der Waals surface area contributed by atoms with Gasteiger partial charge in [-0.15, -0.1) is 0 Å². The summed E-state index contributed by atoms with van der Waals surface area (Å²) in [5, 5.41) is 2.49. The van der Waals surface area contributed by atoms with E-state index in [9.17, 15) is 0 Å². The number of hydrogen-bond donors (Lipinski definition) is 0. The monoisotopic (exact) mass is 212 g/mol. The molecule has 0 atom stereocenters. The van der Waals surface area contributed by atoms with E-state index in [0.29, 0.717) is 0 Å². The molecule has 0 spiro atoms. The van der Waals surface area contributed by atoms with E-state index in [2.05, 4.69) is 50.8 Å². The third-order valence-corrected chi connectivity index (χ3v) is 3.37. The van der Waals surface area contributed by atoms with E-state index in [4.69, 9.17) is 0 Å². The van der Waals surface area contributed by atoms with Crippen molar-refractivity contribution >= 4 is 12.2 Å². The van der Waals surface area contributed by atoms with E-state index in [0.717, 1.165) is 17.6 Å². The van der Waals surface area contributed by atoms with Crippen LogP contribution in [-0.2, 0) is 0 Å². The van der Waals surface area contributed by atoms with Gasteiger partial charge in [0, 0.05) is 0 Å². The normalized spacial score (nSPS) is 18.5. The molecule has 0 radical (unpaired) electrons. The van der Waals surface area contributed by atoms with Crippen molar-refractivity contribution in [1.29, 1.82) is 0 Å². The number of hydrogen-bond acceptors (Lipinski definition) is 0. The Hall–Kier alpha value is -1.30. The fraction of sp³-hybridized carbons (Fsp3) is 0.375. The molecule has 2 rings (SSSR count). The van der Waals surface area contributed by atoms with Gasteiger partial charge in [0.1, 0.15) is 0 Å². The number of allylic oxidation sites excluding steroid dienone is 2. The largest absolute Gasteiger partial charge is 0.0911 e. The van der Waals surface area contributed by atoms with Gasteiger partial charge in [0.05, 0.1) is 0 Å². The Morgan fingerprint density at radius 3 is 2.56 bits per heavy atom. The van der Waals surface area contributed by atoms with Crippen LogP contribution in [0.15, 0.2) is 35.9 Å².